The van der Waals surface area contributed by atoms with Gasteiger partial charge in [-0.05, 0) is 56.5 Å². The Morgan fingerprint density at radius 3 is 2.76 bits per heavy atom. The largest absolute Gasteiger partial charge is 0.316 e. The SMILES string of the molecule is CCC1CCCCN1S(=O)(=O)c1ccc(C)c(CNC)c1. The van der Waals surface area contributed by atoms with Crippen molar-refractivity contribution in [3.8, 4) is 0 Å². The summed E-state index contributed by atoms with van der Waals surface area (Å²) in [5, 5.41) is 3.09. The topological polar surface area (TPSA) is 49.4 Å². The molecule has 21 heavy (non-hydrogen) atoms. The van der Waals surface area contributed by atoms with E-state index in [0.29, 0.717) is 18.0 Å². The lowest BCUT2D eigenvalue weighted by atomic mass is 10.0. The van der Waals surface area contributed by atoms with Gasteiger partial charge in [-0.25, -0.2) is 8.42 Å². The smallest absolute Gasteiger partial charge is 0.243 e. The highest BCUT2D eigenvalue weighted by molar-refractivity contribution is 7.89. The first-order chi connectivity index (χ1) is 10.0. The van der Waals surface area contributed by atoms with Gasteiger partial charge in [-0.2, -0.15) is 4.31 Å². The molecule has 1 aromatic carbocycles. The summed E-state index contributed by atoms with van der Waals surface area (Å²) in [5.74, 6) is 0. The lowest BCUT2D eigenvalue weighted by Gasteiger charge is -2.34. The molecular weight excluding hydrogens is 284 g/mol. The van der Waals surface area contributed by atoms with Crippen LogP contribution in [0.4, 0.5) is 0 Å². The zero-order valence-electron chi connectivity index (χ0n) is 13.2. The van der Waals surface area contributed by atoms with Gasteiger partial charge in [0, 0.05) is 19.1 Å². The molecule has 5 heteroatoms. The summed E-state index contributed by atoms with van der Waals surface area (Å²) in [6, 6.07) is 5.62. The van der Waals surface area contributed by atoms with Gasteiger partial charge in [0.2, 0.25) is 10.0 Å². The molecule has 1 fully saturated rings. The highest BCUT2D eigenvalue weighted by atomic mass is 32.2. The number of sulfonamides is 1. The van der Waals surface area contributed by atoms with Gasteiger partial charge in [0.05, 0.1) is 4.90 Å². The highest BCUT2D eigenvalue weighted by Crippen LogP contribution is 2.27. The second-order valence-corrected chi connectivity index (χ2v) is 7.68. The molecule has 1 saturated heterocycles. The Bertz CT molecular complexity index is 584. The summed E-state index contributed by atoms with van der Waals surface area (Å²) in [6.45, 7) is 5.42. The Kier molecular flexibility index (Phi) is 5.41. The van der Waals surface area contributed by atoms with Crippen LogP contribution in [0.5, 0.6) is 0 Å². The van der Waals surface area contributed by atoms with Crippen LogP contribution in [0.25, 0.3) is 0 Å². The molecular formula is C16H26N2O2S. The van der Waals surface area contributed by atoms with Crippen LogP contribution in [0.15, 0.2) is 23.1 Å². The first-order valence-corrected chi connectivity index (χ1v) is 9.20. The van der Waals surface area contributed by atoms with Crippen molar-refractivity contribution in [3.05, 3.63) is 29.3 Å². The summed E-state index contributed by atoms with van der Waals surface area (Å²) in [5.41, 5.74) is 2.16. The fourth-order valence-corrected chi connectivity index (χ4v) is 4.84. The molecule has 1 aliphatic heterocycles. The number of rotatable bonds is 5. The van der Waals surface area contributed by atoms with E-state index in [4.69, 9.17) is 0 Å². The number of hydrogen-bond acceptors (Lipinski definition) is 3. The van der Waals surface area contributed by atoms with Crippen LogP contribution >= 0.6 is 0 Å². The quantitative estimate of drug-likeness (QED) is 0.909. The van der Waals surface area contributed by atoms with E-state index in [0.717, 1.165) is 36.8 Å². The minimum absolute atomic E-state index is 0.151. The summed E-state index contributed by atoms with van der Waals surface area (Å²) < 4.78 is 27.6. The van der Waals surface area contributed by atoms with Crippen LogP contribution in [-0.4, -0.2) is 32.4 Å². The van der Waals surface area contributed by atoms with E-state index in [1.54, 1.807) is 10.4 Å². The van der Waals surface area contributed by atoms with E-state index in [-0.39, 0.29) is 6.04 Å². The monoisotopic (exact) mass is 310 g/mol. The Morgan fingerprint density at radius 2 is 2.10 bits per heavy atom. The molecule has 2 rings (SSSR count). The third-order valence-corrected chi connectivity index (χ3v) is 6.29. The van der Waals surface area contributed by atoms with Gasteiger partial charge in [-0.3, -0.25) is 0 Å². The van der Waals surface area contributed by atoms with Crippen LogP contribution in [0.1, 0.15) is 43.7 Å². The van der Waals surface area contributed by atoms with Gasteiger partial charge in [0.15, 0.2) is 0 Å². The van der Waals surface area contributed by atoms with Crippen molar-refractivity contribution in [1.29, 1.82) is 0 Å². The number of nitrogens with zero attached hydrogens (tertiary/aromatic N) is 1. The minimum atomic E-state index is -3.38. The van der Waals surface area contributed by atoms with Crippen molar-refractivity contribution in [2.45, 2.75) is 57.0 Å². The molecule has 0 bridgehead atoms. The lowest BCUT2D eigenvalue weighted by molar-refractivity contribution is 0.246. The van der Waals surface area contributed by atoms with Crippen molar-refractivity contribution in [1.82, 2.24) is 9.62 Å². The molecule has 118 valence electrons. The van der Waals surface area contributed by atoms with Crippen molar-refractivity contribution >= 4 is 10.0 Å². The standard InChI is InChI=1S/C16H26N2O2S/c1-4-15-7-5-6-10-18(15)21(19,20)16-9-8-13(2)14(11-16)12-17-3/h8-9,11,15,17H,4-7,10,12H2,1-3H3. The second-order valence-electron chi connectivity index (χ2n) is 5.79. The Balaban J connectivity index is 2.36. The molecule has 0 saturated carbocycles. The van der Waals surface area contributed by atoms with Gasteiger partial charge in [-0.15, -0.1) is 0 Å². The second kappa shape index (κ2) is 6.90. The molecule has 0 spiro atoms. The molecule has 1 heterocycles. The highest BCUT2D eigenvalue weighted by Gasteiger charge is 2.32. The molecule has 1 N–H and O–H groups in total. The van der Waals surface area contributed by atoms with Crippen molar-refractivity contribution in [2.24, 2.45) is 0 Å². The number of hydrogen-bond donors (Lipinski definition) is 1. The van der Waals surface area contributed by atoms with Crippen LogP contribution in [0.3, 0.4) is 0 Å². The molecule has 0 aliphatic carbocycles. The van der Waals surface area contributed by atoms with Crippen LogP contribution < -0.4 is 5.32 Å². The fourth-order valence-electron chi connectivity index (χ4n) is 3.02. The average Bonchev–Trinajstić information content (AvgIpc) is 2.49. The maximum atomic E-state index is 12.9. The predicted molar refractivity (Wildman–Crippen MR) is 85.8 cm³/mol. The first-order valence-electron chi connectivity index (χ1n) is 7.76. The van der Waals surface area contributed by atoms with Gasteiger partial charge >= 0.3 is 0 Å². The Morgan fingerprint density at radius 1 is 1.33 bits per heavy atom. The Hall–Kier alpha value is -0.910. The summed E-state index contributed by atoms with van der Waals surface area (Å²) in [4.78, 5) is 0.429. The number of nitrogens with one attached hydrogen (secondary N) is 1. The van der Waals surface area contributed by atoms with Gasteiger partial charge < -0.3 is 5.32 Å². The summed E-state index contributed by atoms with van der Waals surface area (Å²) >= 11 is 0. The molecule has 0 aromatic heterocycles. The van der Waals surface area contributed by atoms with Gasteiger partial charge in [0.25, 0.3) is 0 Å². The van der Waals surface area contributed by atoms with E-state index in [1.807, 2.05) is 26.1 Å². The molecule has 1 unspecified atom stereocenters. The number of aryl methyl sites for hydroxylation is 1. The minimum Gasteiger partial charge on any atom is -0.316 e. The van der Waals surface area contributed by atoms with Crippen LogP contribution in [0.2, 0.25) is 0 Å². The Labute approximate surface area is 128 Å². The van der Waals surface area contributed by atoms with E-state index >= 15 is 0 Å². The van der Waals surface area contributed by atoms with Crippen molar-refractivity contribution in [3.63, 3.8) is 0 Å². The summed E-state index contributed by atoms with van der Waals surface area (Å²) in [6.07, 6.45) is 3.95. The van der Waals surface area contributed by atoms with Crippen LogP contribution in [-0.2, 0) is 16.6 Å². The van der Waals surface area contributed by atoms with Crippen molar-refractivity contribution in [2.75, 3.05) is 13.6 Å². The summed E-state index contributed by atoms with van der Waals surface area (Å²) in [7, 11) is -1.50. The van der Waals surface area contributed by atoms with E-state index in [9.17, 15) is 8.42 Å². The molecule has 4 nitrogen and oxygen atoms in total. The van der Waals surface area contributed by atoms with E-state index in [1.165, 1.54) is 0 Å². The molecule has 0 amide bonds. The molecule has 1 aromatic rings. The van der Waals surface area contributed by atoms with Gasteiger partial charge in [0.1, 0.15) is 0 Å². The normalized spacial score (nSPS) is 20.6. The zero-order valence-corrected chi connectivity index (χ0v) is 14.0. The molecule has 1 aliphatic rings. The van der Waals surface area contributed by atoms with E-state index in [2.05, 4.69) is 12.2 Å². The third-order valence-electron chi connectivity index (χ3n) is 4.34. The molecule has 1 atom stereocenters. The fraction of sp³-hybridized carbons (Fsp3) is 0.625. The zero-order chi connectivity index (χ0) is 15.5. The van der Waals surface area contributed by atoms with E-state index < -0.39 is 10.0 Å². The van der Waals surface area contributed by atoms with Crippen molar-refractivity contribution < 1.29 is 8.42 Å². The number of piperidine rings is 1. The third kappa shape index (κ3) is 3.47. The van der Waals surface area contributed by atoms with Crippen LogP contribution in [0, 0.1) is 6.92 Å². The maximum absolute atomic E-state index is 12.9. The van der Waals surface area contributed by atoms with Gasteiger partial charge in [-0.1, -0.05) is 19.4 Å². The molecule has 0 radical (unpaired) electrons. The maximum Gasteiger partial charge on any atom is 0.243 e. The first kappa shape index (κ1) is 16.5. The predicted octanol–water partition coefficient (Wildman–Crippen LogP) is 2.67. The average molecular weight is 310 g/mol. The number of benzene rings is 1. The lowest BCUT2D eigenvalue weighted by Crippen LogP contribution is -2.43.